The van der Waals surface area contributed by atoms with Crippen LogP contribution in [0.5, 0.6) is 0 Å². The number of aliphatic hydroxyl groups is 1. The number of carbonyl (C=O) groups is 2. The molecular weight excluding hydrogens is 444 g/mol. The van der Waals surface area contributed by atoms with Gasteiger partial charge in [0.1, 0.15) is 6.10 Å². The second-order valence-electron chi connectivity index (χ2n) is 13.6. The third kappa shape index (κ3) is 3.59. The van der Waals surface area contributed by atoms with Crippen molar-refractivity contribution in [3.8, 4) is 0 Å². The second-order valence-corrected chi connectivity index (χ2v) is 13.6. The normalized spacial score (nSPS) is 49.8. The number of esters is 2. The summed E-state index contributed by atoms with van der Waals surface area (Å²) in [5.41, 5.74) is 0.633. The van der Waals surface area contributed by atoms with Crippen LogP contribution in [0.2, 0.25) is 0 Å². The largest absolute Gasteiger partial charge is 0.462 e. The Kier molecular flexibility index (Phi) is 5.90. The molecule has 0 aromatic carbocycles. The number of hydrogen-bond acceptors (Lipinski definition) is 6. The van der Waals surface area contributed by atoms with Crippen molar-refractivity contribution in [3.63, 3.8) is 0 Å². The van der Waals surface area contributed by atoms with Crippen LogP contribution >= 0.6 is 0 Å². The van der Waals surface area contributed by atoms with Gasteiger partial charge in [0.05, 0.1) is 18.3 Å². The molecule has 4 aliphatic carbocycles. The lowest BCUT2D eigenvalue weighted by Crippen LogP contribution is -2.67. The van der Waals surface area contributed by atoms with Crippen molar-refractivity contribution in [2.75, 3.05) is 0 Å². The molecular formula is C29H44O6. The summed E-state index contributed by atoms with van der Waals surface area (Å²) in [7, 11) is 0. The van der Waals surface area contributed by atoms with Gasteiger partial charge in [0.2, 0.25) is 0 Å². The highest BCUT2D eigenvalue weighted by atomic mass is 16.7. The fraction of sp³-hybridized carbons (Fsp3) is 0.862. The minimum absolute atomic E-state index is 0.00409. The third-order valence-electron chi connectivity index (χ3n) is 11.5. The van der Waals surface area contributed by atoms with Crippen molar-refractivity contribution < 1.29 is 28.9 Å². The SMILES string of the molecule is CC(=O)O[C@@H]1OC=C2[C@@H](OC(C)=O)C[C@H]3[C@]4(C)CC[C@@H]5C([C@H](C)CCC5(C)C)[C@H]4C[C@@H](O)[C@]3(C)[C@H]21. The molecule has 196 valence electrons. The van der Waals surface area contributed by atoms with Crippen LogP contribution in [0, 0.1) is 51.8 Å². The Bertz CT molecular complexity index is 924. The van der Waals surface area contributed by atoms with Gasteiger partial charge in [0, 0.05) is 24.8 Å². The highest BCUT2D eigenvalue weighted by molar-refractivity contribution is 5.67. The molecule has 0 amide bonds. The molecule has 5 rings (SSSR count). The zero-order valence-electron chi connectivity index (χ0n) is 22.5. The molecule has 5 aliphatic rings. The van der Waals surface area contributed by atoms with Crippen LogP contribution in [0.25, 0.3) is 0 Å². The van der Waals surface area contributed by atoms with Crippen molar-refractivity contribution in [1.82, 2.24) is 0 Å². The van der Waals surface area contributed by atoms with Gasteiger partial charge in [-0.1, -0.05) is 34.6 Å². The van der Waals surface area contributed by atoms with E-state index in [0.717, 1.165) is 18.4 Å². The maximum Gasteiger partial charge on any atom is 0.305 e. The third-order valence-corrected chi connectivity index (χ3v) is 11.5. The molecule has 0 aromatic heterocycles. The van der Waals surface area contributed by atoms with Crippen LogP contribution in [0.1, 0.15) is 87.0 Å². The molecule has 1 heterocycles. The van der Waals surface area contributed by atoms with Crippen molar-refractivity contribution in [2.24, 2.45) is 51.8 Å². The van der Waals surface area contributed by atoms with Crippen LogP contribution in [0.4, 0.5) is 0 Å². The molecule has 1 N–H and O–H groups in total. The Morgan fingerprint density at radius 2 is 1.69 bits per heavy atom. The lowest BCUT2D eigenvalue weighted by molar-refractivity contribution is -0.250. The van der Waals surface area contributed by atoms with Gasteiger partial charge in [-0.2, -0.15) is 0 Å². The number of carbonyl (C=O) groups excluding carboxylic acids is 2. The Morgan fingerprint density at radius 3 is 2.34 bits per heavy atom. The van der Waals surface area contributed by atoms with E-state index in [1.54, 1.807) is 6.26 Å². The minimum atomic E-state index is -0.799. The summed E-state index contributed by atoms with van der Waals surface area (Å²) in [6.07, 6.45) is 6.12. The zero-order chi connectivity index (χ0) is 25.5. The summed E-state index contributed by atoms with van der Waals surface area (Å²) in [6, 6.07) is 0. The van der Waals surface area contributed by atoms with Gasteiger partial charge in [-0.05, 0) is 78.9 Å². The molecule has 0 radical (unpaired) electrons. The molecule has 4 fully saturated rings. The van der Waals surface area contributed by atoms with Gasteiger partial charge in [0.25, 0.3) is 6.29 Å². The number of fused-ring (bicyclic) bond motifs is 7. The van der Waals surface area contributed by atoms with Gasteiger partial charge < -0.3 is 19.3 Å². The number of hydrogen-bond donors (Lipinski definition) is 1. The highest BCUT2D eigenvalue weighted by Crippen LogP contribution is 2.71. The van der Waals surface area contributed by atoms with Gasteiger partial charge >= 0.3 is 11.9 Å². The van der Waals surface area contributed by atoms with Crippen molar-refractivity contribution in [3.05, 3.63) is 11.8 Å². The summed E-state index contributed by atoms with van der Waals surface area (Å²) in [5, 5.41) is 12.0. The summed E-state index contributed by atoms with van der Waals surface area (Å²) in [5.74, 6) is 1.38. The molecule has 0 aromatic rings. The molecule has 1 aliphatic heterocycles. The summed E-state index contributed by atoms with van der Waals surface area (Å²) in [4.78, 5) is 24.1. The Labute approximate surface area is 210 Å². The van der Waals surface area contributed by atoms with Crippen molar-refractivity contribution in [1.29, 1.82) is 0 Å². The summed E-state index contributed by atoms with van der Waals surface area (Å²) < 4.78 is 17.4. The van der Waals surface area contributed by atoms with Gasteiger partial charge in [-0.15, -0.1) is 0 Å². The van der Waals surface area contributed by atoms with Crippen LogP contribution in [-0.2, 0) is 23.8 Å². The monoisotopic (exact) mass is 488 g/mol. The minimum Gasteiger partial charge on any atom is -0.462 e. The first-order valence-corrected chi connectivity index (χ1v) is 13.7. The predicted molar refractivity (Wildman–Crippen MR) is 131 cm³/mol. The van der Waals surface area contributed by atoms with Crippen molar-refractivity contribution >= 4 is 11.9 Å². The van der Waals surface area contributed by atoms with E-state index < -0.39 is 29.9 Å². The lowest BCUT2D eigenvalue weighted by Gasteiger charge is -2.69. The molecule has 0 bridgehead atoms. The molecule has 0 saturated heterocycles. The first-order chi connectivity index (χ1) is 16.3. The van der Waals surface area contributed by atoms with Crippen molar-refractivity contribution in [2.45, 2.75) is 105 Å². The molecule has 35 heavy (non-hydrogen) atoms. The summed E-state index contributed by atoms with van der Waals surface area (Å²) >= 11 is 0. The van der Waals surface area contributed by atoms with E-state index >= 15 is 0 Å². The lowest BCUT2D eigenvalue weighted by atomic mass is 9.36. The van der Waals surface area contributed by atoms with E-state index in [1.807, 2.05) is 0 Å². The zero-order valence-corrected chi connectivity index (χ0v) is 22.5. The molecule has 6 nitrogen and oxygen atoms in total. The first-order valence-electron chi connectivity index (χ1n) is 13.7. The maximum absolute atomic E-state index is 12.1. The standard InChI is InChI=1S/C29H44O6/c1-15-8-10-27(4,5)19-9-11-28(6)20(24(15)19)12-23(32)29(7)22(28)13-21(34-16(2)30)18-14-33-26(25(18)29)35-17(3)31/h14-15,19-26,32H,8-13H2,1-7H3/t15-,19-,20-,21+,22+,23-,24?,25-,26+,28-,29-/m1/s1. The highest BCUT2D eigenvalue weighted by Gasteiger charge is 2.70. The van der Waals surface area contributed by atoms with E-state index in [9.17, 15) is 14.7 Å². The van der Waals surface area contributed by atoms with Gasteiger partial charge in [0.15, 0.2) is 0 Å². The van der Waals surface area contributed by atoms with Crippen LogP contribution in [0.15, 0.2) is 11.8 Å². The Balaban J connectivity index is 1.58. The predicted octanol–water partition coefficient (Wildman–Crippen LogP) is 5.23. The average Bonchev–Trinajstić information content (AvgIpc) is 3.17. The van der Waals surface area contributed by atoms with E-state index in [2.05, 4.69) is 34.6 Å². The van der Waals surface area contributed by atoms with E-state index in [1.165, 1.54) is 33.1 Å². The fourth-order valence-electron chi connectivity index (χ4n) is 9.80. The Morgan fingerprint density at radius 1 is 1.00 bits per heavy atom. The molecule has 1 unspecified atom stereocenters. The van der Waals surface area contributed by atoms with E-state index in [-0.39, 0.29) is 23.2 Å². The topological polar surface area (TPSA) is 82.1 Å². The Hall–Kier alpha value is -1.56. The van der Waals surface area contributed by atoms with E-state index in [4.69, 9.17) is 14.2 Å². The molecule has 6 heteroatoms. The van der Waals surface area contributed by atoms with Crippen LogP contribution in [-0.4, -0.2) is 35.5 Å². The summed E-state index contributed by atoms with van der Waals surface area (Å²) in [6.45, 7) is 14.7. The van der Waals surface area contributed by atoms with E-state index in [0.29, 0.717) is 35.5 Å². The van der Waals surface area contributed by atoms with Crippen LogP contribution < -0.4 is 0 Å². The van der Waals surface area contributed by atoms with Gasteiger partial charge in [-0.25, -0.2) is 0 Å². The second kappa shape index (κ2) is 8.22. The smallest absolute Gasteiger partial charge is 0.305 e. The fourth-order valence-corrected chi connectivity index (χ4v) is 9.80. The van der Waals surface area contributed by atoms with Crippen LogP contribution in [0.3, 0.4) is 0 Å². The van der Waals surface area contributed by atoms with Gasteiger partial charge in [-0.3, -0.25) is 9.59 Å². The maximum atomic E-state index is 12.1. The first kappa shape index (κ1) is 25.1. The molecule has 4 saturated carbocycles. The molecule has 11 atom stereocenters. The molecule has 0 spiro atoms. The number of ether oxygens (including phenoxy) is 3. The number of rotatable bonds is 2. The average molecular weight is 489 g/mol. The quantitative estimate of drug-likeness (QED) is 0.536. The number of aliphatic hydroxyl groups excluding tert-OH is 1.